The van der Waals surface area contributed by atoms with E-state index >= 15 is 0 Å². The van der Waals surface area contributed by atoms with E-state index in [1.54, 1.807) is 16.8 Å². The molecule has 5 atom stereocenters. The zero-order valence-electron chi connectivity index (χ0n) is 14.8. The summed E-state index contributed by atoms with van der Waals surface area (Å²) in [6.45, 7) is 0.463. The molecule has 8 nitrogen and oxygen atoms in total. The van der Waals surface area contributed by atoms with Crippen LogP contribution >= 0.6 is 11.6 Å². The molecular weight excluding hydrogens is 384 g/mol. The highest BCUT2D eigenvalue weighted by Crippen LogP contribution is 2.42. The molecule has 2 aliphatic heterocycles. The van der Waals surface area contributed by atoms with Crippen LogP contribution in [0.25, 0.3) is 11.0 Å². The molecule has 28 heavy (non-hydrogen) atoms. The summed E-state index contributed by atoms with van der Waals surface area (Å²) in [7, 11) is 0. The van der Waals surface area contributed by atoms with Crippen molar-refractivity contribution in [3.8, 4) is 0 Å². The molecule has 4 N–H and O–H groups in total. The van der Waals surface area contributed by atoms with Gasteiger partial charge in [0.15, 0.2) is 6.23 Å². The van der Waals surface area contributed by atoms with Crippen LogP contribution in [0.15, 0.2) is 36.8 Å². The lowest BCUT2D eigenvalue weighted by molar-refractivity contribution is -0.113. The molecule has 0 bridgehead atoms. The maximum atomic E-state index is 10.7. The molecule has 146 valence electrons. The number of rotatable bonds is 2. The van der Waals surface area contributed by atoms with Crippen molar-refractivity contribution >= 4 is 28.5 Å². The predicted octanol–water partition coefficient (Wildman–Crippen LogP) is 1.60. The zero-order chi connectivity index (χ0) is 19.4. The van der Waals surface area contributed by atoms with Gasteiger partial charge in [-0.05, 0) is 29.7 Å². The molecule has 4 heterocycles. The highest BCUT2D eigenvalue weighted by molar-refractivity contribution is 6.31. The molecule has 1 aromatic carbocycles. The van der Waals surface area contributed by atoms with E-state index in [4.69, 9.17) is 26.8 Å². The van der Waals surface area contributed by atoms with Crippen LogP contribution in [-0.2, 0) is 15.9 Å². The van der Waals surface area contributed by atoms with Gasteiger partial charge in [-0.25, -0.2) is 9.97 Å². The highest BCUT2D eigenvalue weighted by Gasteiger charge is 2.49. The molecule has 0 aliphatic carbocycles. The van der Waals surface area contributed by atoms with Crippen LogP contribution in [0.4, 0.5) is 5.82 Å². The van der Waals surface area contributed by atoms with Gasteiger partial charge in [0.1, 0.15) is 42.2 Å². The Morgan fingerprint density at radius 2 is 2.04 bits per heavy atom. The Morgan fingerprint density at radius 3 is 2.89 bits per heavy atom. The van der Waals surface area contributed by atoms with Crippen LogP contribution in [-0.4, -0.2) is 49.7 Å². The number of fused-ring (bicyclic) bond motifs is 2. The van der Waals surface area contributed by atoms with Gasteiger partial charge < -0.3 is 30.0 Å². The monoisotopic (exact) mass is 402 g/mol. The van der Waals surface area contributed by atoms with Crippen LogP contribution in [0.1, 0.15) is 23.5 Å². The number of aliphatic hydroxyl groups excluding tert-OH is 2. The highest BCUT2D eigenvalue weighted by atomic mass is 35.5. The molecule has 0 amide bonds. The molecule has 0 unspecified atom stereocenters. The summed E-state index contributed by atoms with van der Waals surface area (Å²) in [5.41, 5.74) is 8.28. The Bertz CT molecular complexity index is 1040. The van der Waals surface area contributed by atoms with Gasteiger partial charge in [-0.3, -0.25) is 0 Å². The molecule has 0 spiro atoms. The first kappa shape index (κ1) is 17.8. The molecular formula is C19H19ClN4O4. The van der Waals surface area contributed by atoms with Gasteiger partial charge >= 0.3 is 0 Å². The van der Waals surface area contributed by atoms with Gasteiger partial charge in [0.2, 0.25) is 0 Å². The molecule has 2 aliphatic rings. The Balaban J connectivity index is 1.51. The molecule has 3 aromatic rings. The summed E-state index contributed by atoms with van der Waals surface area (Å²) < 4.78 is 13.7. The Kier molecular flexibility index (Phi) is 4.26. The number of hydrogen-bond donors (Lipinski definition) is 3. The van der Waals surface area contributed by atoms with E-state index < -0.39 is 30.6 Å². The Hall–Kier alpha value is -2.23. The Labute approximate surface area is 165 Å². The molecule has 9 heteroatoms. The number of nitrogens with zero attached hydrogens (tertiary/aromatic N) is 3. The van der Waals surface area contributed by atoms with Crippen molar-refractivity contribution in [2.75, 3.05) is 12.3 Å². The van der Waals surface area contributed by atoms with Crippen LogP contribution in [0, 0.1) is 0 Å². The lowest BCUT2D eigenvalue weighted by Gasteiger charge is -2.32. The standard InChI is InChI=1S/C19H19ClN4O4/c20-12-3-1-2-10-9(12)5-7-27-15(10)16-13(25)14(26)19(28-16)24-6-4-11-17(21)22-8-23-18(11)24/h1-4,6,8,13-16,19,25-26H,5,7H2,(H2,21,22,23)/t13-,14+,15+,16-,19+/m0/s1. The third-order valence-corrected chi connectivity index (χ3v) is 5.85. The first-order chi connectivity index (χ1) is 13.6. The molecule has 1 saturated heterocycles. The van der Waals surface area contributed by atoms with E-state index in [2.05, 4.69) is 9.97 Å². The number of aliphatic hydroxyl groups is 2. The number of nitrogens with two attached hydrogens (primary N) is 1. The minimum absolute atomic E-state index is 0.340. The van der Waals surface area contributed by atoms with E-state index in [-0.39, 0.29) is 0 Å². The van der Waals surface area contributed by atoms with E-state index in [1.165, 1.54) is 6.33 Å². The van der Waals surface area contributed by atoms with E-state index in [0.29, 0.717) is 34.9 Å². The first-order valence-electron chi connectivity index (χ1n) is 9.04. The third kappa shape index (κ3) is 2.61. The quantitative estimate of drug-likeness (QED) is 0.596. The first-order valence-corrected chi connectivity index (χ1v) is 9.41. The van der Waals surface area contributed by atoms with Crippen molar-refractivity contribution in [1.82, 2.24) is 14.5 Å². The molecule has 0 radical (unpaired) electrons. The fourth-order valence-corrected chi connectivity index (χ4v) is 4.39. The van der Waals surface area contributed by atoms with Crippen molar-refractivity contribution in [3.63, 3.8) is 0 Å². The van der Waals surface area contributed by atoms with Crippen molar-refractivity contribution in [2.45, 2.75) is 37.1 Å². The van der Waals surface area contributed by atoms with Gasteiger partial charge in [-0.1, -0.05) is 23.7 Å². The lowest BCUT2D eigenvalue weighted by Crippen LogP contribution is -2.37. The average Bonchev–Trinajstić information content (AvgIpc) is 3.25. The van der Waals surface area contributed by atoms with Crippen LogP contribution in [0.2, 0.25) is 5.02 Å². The normalized spacial score (nSPS) is 29.9. The topological polar surface area (TPSA) is 116 Å². The number of aromatic nitrogens is 3. The summed E-state index contributed by atoms with van der Waals surface area (Å²) >= 11 is 6.33. The molecule has 5 rings (SSSR count). The molecule has 2 aromatic heterocycles. The fraction of sp³-hybridized carbons (Fsp3) is 0.368. The second-order valence-electron chi connectivity index (χ2n) is 7.04. The van der Waals surface area contributed by atoms with E-state index in [1.807, 2.05) is 18.2 Å². The predicted molar refractivity (Wildman–Crippen MR) is 102 cm³/mol. The number of benzene rings is 1. The largest absolute Gasteiger partial charge is 0.387 e. The van der Waals surface area contributed by atoms with E-state index in [9.17, 15) is 10.2 Å². The SMILES string of the molecule is Nc1ncnc2c1ccn2[C@@H]1O[C@H]([C@@H]2OCCc3c(Cl)cccc32)[C@@H](O)[C@H]1O. The lowest BCUT2D eigenvalue weighted by atomic mass is 9.92. The third-order valence-electron chi connectivity index (χ3n) is 5.50. The summed E-state index contributed by atoms with van der Waals surface area (Å²) in [6, 6.07) is 7.35. The average molecular weight is 403 g/mol. The number of anilines is 1. The molecule has 1 fully saturated rings. The molecule has 0 saturated carbocycles. The maximum absolute atomic E-state index is 10.7. The summed E-state index contributed by atoms with van der Waals surface area (Å²) in [5.74, 6) is 0.340. The maximum Gasteiger partial charge on any atom is 0.164 e. The van der Waals surface area contributed by atoms with Crippen molar-refractivity contribution in [2.24, 2.45) is 0 Å². The van der Waals surface area contributed by atoms with Gasteiger partial charge in [-0.2, -0.15) is 0 Å². The number of halogens is 1. The second kappa shape index (κ2) is 6.68. The van der Waals surface area contributed by atoms with Crippen LogP contribution < -0.4 is 5.73 Å². The second-order valence-corrected chi connectivity index (χ2v) is 7.45. The van der Waals surface area contributed by atoms with Crippen LogP contribution in [0.3, 0.4) is 0 Å². The fourth-order valence-electron chi connectivity index (χ4n) is 4.12. The number of hydrogen-bond acceptors (Lipinski definition) is 7. The van der Waals surface area contributed by atoms with Crippen molar-refractivity contribution in [3.05, 3.63) is 52.9 Å². The van der Waals surface area contributed by atoms with Crippen molar-refractivity contribution < 1.29 is 19.7 Å². The smallest absolute Gasteiger partial charge is 0.164 e. The summed E-state index contributed by atoms with van der Waals surface area (Å²) in [4.78, 5) is 8.21. The zero-order valence-corrected chi connectivity index (χ0v) is 15.5. The van der Waals surface area contributed by atoms with Gasteiger partial charge in [-0.15, -0.1) is 0 Å². The Morgan fingerprint density at radius 1 is 1.18 bits per heavy atom. The van der Waals surface area contributed by atoms with E-state index in [0.717, 1.165) is 11.1 Å². The van der Waals surface area contributed by atoms with Gasteiger partial charge in [0, 0.05) is 11.2 Å². The van der Waals surface area contributed by atoms with Crippen molar-refractivity contribution in [1.29, 1.82) is 0 Å². The number of nitrogen functional groups attached to an aromatic ring is 1. The van der Waals surface area contributed by atoms with Gasteiger partial charge in [0.25, 0.3) is 0 Å². The minimum Gasteiger partial charge on any atom is -0.387 e. The van der Waals surface area contributed by atoms with Gasteiger partial charge in [0.05, 0.1) is 12.0 Å². The number of ether oxygens (including phenoxy) is 2. The summed E-state index contributed by atoms with van der Waals surface area (Å²) in [5, 5.41) is 22.8. The minimum atomic E-state index is -1.16. The van der Waals surface area contributed by atoms with Crippen LogP contribution in [0.5, 0.6) is 0 Å². The summed E-state index contributed by atoms with van der Waals surface area (Å²) in [6.07, 6.45) is -0.662.